The zero-order valence-corrected chi connectivity index (χ0v) is 8.55. The van der Waals surface area contributed by atoms with E-state index in [1.807, 2.05) is 0 Å². The lowest BCUT2D eigenvalue weighted by Gasteiger charge is -2.22. The van der Waals surface area contributed by atoms with Gasteiger partial charge in [-0.2, -0.15) is 0 Å². The van der Waals surface area contributed by atoms with Gasteiger partial charge in [0.2, 0.25) is 0 Å². The van der Waals surface area contributed by atoms with Crippen LogP contribution in [0.5, 0.6) is 0 Å². The predicted octanol–water partition coefficient (Wildman–Crippen LogP) is 2.94. The average molecular weight is 169 g/mol. The topological polar surface area (TPSA) is 26.0 Å². The van der Waals surface area contributed by atoms with Crippen LogP contribution in [0.2, 0.25) is 0 Å². The third kappa shape index (κ3) is 3.14. The first-order chi connectivity index (χ1) is 5.70. The van der Waals surface area contributed by atoms with Crippen molar-refractivity contribution >= 4 is 0 Å². The lowest BCUT2D eigenvalue weighted by molar-refractivity contribution is 0.329. The molecular weight excluding hydrogens is 146 g/mol. The van der Waals surface area contributed by atoms with Crippen molar-refractivity contribution in [1.82, 2.24) is 0 Å². The molecule has 0 heterocycles. The van der Waals surface area contributed by atoms with Gasteiger partial charge in [-0.25, -0.2) is 0 Å². The molecule has 0 aromatic rings. The first kappa shape index (κ1) is 10.0. The van der Waals surface area contributed by atoms with E-state index in [1.165, 1.54) is 38.5 Å². The Morgan fingerprint density at radius 2 is 1.83 bits per heavy atom. The molecule has 1 fully saturated rings. The van der Waals surface area contributed by atoms with E-state index in [0.29, 0.717) is 6.04 Å². The monoisotopic (exact) mass is 169 g/mol. The van der Waals surface area contributed by atoms with Crippen molar-refractivity contribution in [2.75, 3.05) is 0 Å². The molecule has 0 spiro atoms. The molecule has 1 rings (SSSR count). The molecule has 0 radical (unpaired) electrons. The van der Waals surface area contributed by atoms with Crippen LogP contribution in [0.15, 0.2) is 0 Å². The van der Waals surface area contributed by atoms with Gasteiger partial charge in [0.05, 0.1) is 0 Å². The summed E-state index contributed by atoms with van der Waals surface area (Å²) in [7, 11) is 0. The second-order valence-corrected chi connectivity index (χ2v) is 4.69. The summed E-state index contributed by atoms with van der Waals surface area (Å²) in [5.41, 5.74) is 6.13. The summed E-state index contributed by atoms with van der Waals surface area (Å²) in [6.07, 6.45) is 8.14. The SMILES string of the molecule is CC(C)CC1CCCCCC1N. The van der Waals surface area contributed by atoms with Crippen LogP contribution in [0.4, 0.5) is 0 Å². The Kier molecular flexibility index (Phi) is 4.07. The second-order valence-electron chi connectivity index (χ2n) is 4.69. The molecule has 1 heteroatoms. The van der Waals surface area contributed by atoms with E-state index in [1.54, 1.807) is 0 Å². The third-order valence-electron chi connectivity index (χ3n) is 2.99. The molecular formula is C11H23N. The fourth-order valence-electron chi connectivity index (χ4n) is 2.31. The summed E-state index contributed by atoms with van der Waals surface area (Å²) in [6.45, 7) is 4.61. The maximum Gasteiger partial charge on any atom is 0.00672 e. The zero-order chi connectivity index (χ0) is 8.97. The van der Waals surface area contributed by atoms with Crippen LogP contribution in [0.1, 0.15) is 52.4 Å². The molecule has 0 aromatic carbocycles. The lowest BCUT2D eigenvalue weighted by atomic mass is 9.87. The van der Waals surface area contributed by atoms with Crippen LogP contribution >= 0.6 is 0 Å². The summed E-state index contributed by atoms with van der Waals surface area (Å²) in [4.78, 5) is 0. The van der Waals surface area contributed by atoms with E-state index in [4.69, 9.17) is 5.73 Å². The highest BCUT2D eigenvalue weighted by Gasteiger charge is 2.20. The van der Waals surface area contributed by atoms with Crippen LogP contribution in [-0.4, -0.2) is 6.04 Å². The van der Waals surface area contributed by atoms with E-state index in [2.05, 4.69) is 13.8 Å². The summed E-state index contributed by atoms with van der Waals surface area (Å²) < 4.78 is 0. The van der Waals surface area contributed by atoms with Crippen molar-refractivity contribution in [1.29, 1.82) is 0 Å². The first-order valence-corrected chi connectivity index (χ1v) is 5.45. The minimum absolute atomic E-state index is 0.495. The van der Waals surface area contributed by atoms with Gasteiger partial charge in [0.1, 0.15) is 0 Å². The highest BCUT2D eigenvalue weighted by molar-refractivity contribution is 4.77. The molecule has 0 bridgehead atoms. The van der Waals surface area contributed by atoms with Gasteiger partial charge in [-0.15, -0.1) is 0 Å². The predicted molar refractivity (Wildman–Crippen MR) is 54.0 cm³/mol. The normalized spacial score (nSPS) is 32.0. The maximum atomic E-state index is 6.13. The molecule has 2 atom stereocenters. The van der Waals surface area contributed by atoms with Gasteiger partial charge in [-0.3, -0.25) is 0 Å². The standard InChI is InChI=1S/C11H23N/c1-9(2)8-10-6-4-3-5-7-11(10)12/h9-11H,3-8,12H2,1-2H3. The Balaban J connectivity index is 2.36. The van der Waals surface area contributed by atoms with Crippen molar-refractivity contribution < 1.29 is 0 Å². The number of hydrogen-bond donors (Lipinski definition) is 1. The van der Waals surface area contributed by atoms with Gasteiger partial charge in [0.25, 0.3) is 0 Å². The molecule has 1 saturated carbocycles. The summed E-state index contributed by atoms with van der Waals surface area (Å²) in [5, 5.41) is 0. The summed E-state index contributed by atoms with van der Waals surface area (Å²) in [6, 6.07) is 0.495. The Morgan fingerprint density at radius 3 is 2.50 bits per heavy atom. The molecule has 12 heavy (non-hydrogen) atoms. The lowest BCUT2D eigenvalue weighted by Crippen LogP contribution is -2.29. The van der Waals surface area contributed by atoms with Crippen LogP contribution < -0.4 is 5.73 Å². The van der Waals surface area contributed by atoms with E-state index in [0.717, 1.165) is 11.8 Å². The highest BCUT2D eigenvalue weighted by atomic mass is 14.6. The average Bonchev–Trinajstić information content (AvgIpc) is 2.16. The number of nitrogens with two attached hydrogens (primary N) is 1. The molecule has 2 unspecified atom stereocenters. The summed E-state index contributed by atoms with van der Waals surface area (Å²) in [5.74, 6) is 1.63. The number of hydrogen-bond acceptors (Lipinski definition) is 1. The van der Waals surface area contributed by atoms with E-state index < -0.39 is 0 Å². The van der Waals surface area contributed by atoms with Crippen molar-refractivity contribution in [2.45, 2.75) is 58.4 Å². The first-order valence-electron chi connectivity index (χ1n) is 5.45. The Hall–Kier alpha value is -0.0400. The molecule has 72 valence electrons. The molecule has 1 aliphatic carbocycles. The number of rotatable bonds is 2. The van der Waals surface area contributed by atoms with E-state index in [-0.39, 0.29) is 0 Å². The smallest absolute Gasteiger partial charge is 0.00672 e. The molecule has 1 aliphatic rings. The molecule has 1 nitrogen and oxygen atoms in total. The van der Waals surface area contributed by atoms with Crippen molar-refractivity contribution in [2.24, 2.45) is 17.6 Å². The van der Waals surface area contributed by atoms with Crippen LogP contribution in [0.3, 0.4) is 0 Å². The van der Waals surface area contributed by atoms with E-state index >= 15 is 0 Å². The van der Waals surface area contributed by atoms with Gasteiger partial charge in [-0.05, 0) is 31.1 Å². The molecule has 0 amide bonds. The van der Waals surface area contributed by atoms with Gasteiger partial charge >= 0.3 is 0 Å². The third-order valence-corrected chi connectivity index (χ3v) is 2.99. The minimum Gasteiger partial charge on any atom is -0.327 e. The fraction of sp³-hybridized carbons (Fsp3) is 1.00. The van der Waals surface area contributed by atoms with Gasteiger partial charge < -0.3 is 5.73 Å². The molecule has 2 N–H and O–H groups in total. The second kappa shape index (κ2) is 4.86. The van der Waals surface area contributed by atoms with Crippen LogP contribution in [0, 0.1) is 11.8 Å². The van der Waals surface area contributed by atoms with Crippen LogP contribution in [0.25, 0.3) is 0 Å². The van der Waals surface area contributed by atoms with Crippen molar-refractivity contribution in [3.63, 3.8) is 0 Å². The minimum atomic E-state index is 0.495. The van der Waals surface area contributed by atoms with E-state index in [9.17, 15) is 0 Å². The maximum absolute atomic E-state index is 6.13. The molecule has 0 aliphatic heterocycles. The van der Waals surface area contributed by atoms with Gasteiger partial charge in [0.15, 0.2) is 0 Å². The molecule has 0 saturated heterocycles. The largest absolute Gasteiger partial charge is 0.327 e. The van der Waals surface area contributed by atoms with Crippen molar-refractivity contribution in [3.8, 4) is 0 Å². The van der Waals surface area contributed by atoms with Gasteiger partial charge in [-0.1, -0.05) is 33.1 Å². The quantitative estimate of drug-likeness (QED) is 0.632. The van der Waals surface area contributed by atoms with Gasteiger partial charge in [0, 0.05) is 6.04 Å². The fourth-order valence-corrected chi connectivity index (χ4v) is 2.31. The molecule has 0 aromatic heterocycles. The zero-order valence-electron chi connectivity index (χ0n) is 8.55. The van der Waals surface area contributed by atoms with Crippen LogP contribution in [-0.2, 0) is 0 Å². The summed E-state index contributed by atoms with van der Waals surface area (Å²) >= 11 is 0. The Bertz CT molecular complexity index is 120. The Labute approximate surface area is 76.7 Å². The highest BCUT2D eigenvalue weighted by Crippen LogP contribution is 2.27. The van der Waals surface area contributed by atoms with Crippen molar-refractivity contribution in [3.05, 3.63) is 0 Å². The Morgan fingerprint density at radius 1 is 1.17 bits per heavy atom.